The molecule has 2 heterocycles. The van der Waals surface area contributed by atoms with Crippen LogP contribution in [0.4, 0.5) is 11.4 Å². The SMILES string of the molecule is CC1Oc2ccc(NCc3cccc(Br)n3)cc2NC1=O. The lowest BCUT2D eigenvalue weighted by molar-refractivity contribution is -0.122. The topological polar surface area (TPSA) is 63.2 Å². The Morgan fingerprint density at radius 1 is 1.38 bits per heavy atom. The summed E-state index contributed by atoms with van der Waals surface area (Å²) in [5.41, 5.74) is 2.51. The van der Waals surface area contributed by atoms with Crippen LogP contribution in [0.2, 0.25) is 0 Å². The maximum Gasteiger partial charge on any atom is 0.265 e. The van der Waals surface area contributed by atoms with E-state index in [2.05, 4.69) is 31.5 Å². The minimum atomic E-state index is -0.456. The van der Waals surface area contributed by atoms with Gasteiger partial charge in [-0.25, -0.2) is 4.98 Å². The van der Waals surface area contributed by atoms with Gasteiger partial charge in [0.15, 0.2) is 6.10 Å². The molecule has 3 rings (SSSR count). The van der Waals surface area contributed by atoms with Crippen LogP contribution in [0.15, 0.2) is 41.0 Å². The molecule has 0 bridgehead atoms. The predicted molar refractivity (Wildman–Crippen MR) is 84.4 cm³/mol. The number of nitrogens with one attached hydrogen (secondary N) is 2. The molecular weight excluding hydrogens is 334 g/mol. The minimum absolute atomic E-state index is 0.131. The van der Waals surface area contributed by atoms with E-state index < -0.39 is 6.10 Å². The number of nitrogens with zero attached hydrogens (tertiary/aromatic N) is 1. The summed E-state index contributed by atoms with van der Waals surface area (Å²) < 4.78 is 6.33. The molecule has 6 heteroatoms. The highest BCUT2D eigenvalue weighted by atomic mass is 79.9. The molecule has 0 radical (unpaired) electrons. The van der Waals surface area contributed by atoms with Crippen LogP contribution in [-0.2, 0) is 11.3 Å². The number of carbonyl (C=O) groups is 1. The van der Waals surface area contributed by atoms with Crippen molar-refractivity contribution in [2.45, 2.75) is 19.6 Å². The van der Waals surface area contributed by atoms with Crippen LogP contribution in [0.1, 0.15) is 12.6 Å². The van der Waals surface area contributed by atoms with Crippen molar-refractivity contribution in [3.05, 3.63) is 46.7 Å². The van der Waals surface area contributed by atoms with E-state index in [0.29, 0.717) is 18.0 Å². The number of ether oxygens (including phenoxy) is 1. The summed E-state index contributed by atoms with van der Waals surface area (Å²) in [5, 5.41) is 6.10. The zero-order chi connectivity index (χ0) is 14.8. The zero-order valence-corrected chi connectivity index (χ0v) is 13.0. The van der Waals surface area contributed by atoms with Gasteiger partial charge in [0, 0.05) is 5.69 Å². The van der Waals surface area contributed by atoms with Gasteiger partial charge in [0.05, 0.1) is 17.9 Å². The Morgan fingerprint density at radius 3 is 3.05 bits per heavy atom. The van der Waals surface area contributed by atoms with Crippen LogP contribution in [0.25, 0.3) is 0 Å². The van der Waals surface area contributed by atoms with Crippen LogP contribution in [-0.4, -0.2) is 17.0 Å². The maximum atomic E-state index is 11.6. The molecule has 0 saturated carbocycles. The number of anilines is 2. The summed E-state index contributed by atoms with van der Waals surface area (Å²) in [6.45, 7) is 2.33. The Balaban J connectivity index is 1.73. The van der Waals surface area contributed by atoms with Crippen LogP contribution >= 0.6 is 15.9 Å². The number of benzene rings is 1. The first-order valence-electron chi connectivity index (χ1n) is 6.59. The molecule has 21 heavy (non-hydrogen) atoms. The standard InChI is InChI=1S/C15H14BrN3O2/c1-9-15(20)19-12-7-10(5-6-13(12)21-9)17-8-11-3-2-4-14(16)18-11/h2-7,9,17H,8H2,1H3,(H,19,20). The second-order valence-electron chi connectivity index (χ2n) is 4.77. The van der Waals surface area contributed by atoms with Gasteiger partial charge in [0.25, 0.3) is 5.91 Å². The highest BCUT2D eigenvalue weighted by Crippen LogP contribution is 2.32. The summed E-state index contributed by atoms with van der Waals surface area (Å²) in [6, 6.07) is 11.4. The smallest absolute Gasteiger partial charge is 0.265 e. The van der Waals surface area contributed by atoms with E-state index in [1.165, 1.54) is 0 Å². The highest BCUT2D eigenvalue weighted by Gasteiger charge is 2.23. The first kappa shape index (κ1) is 13.9. The van der Waals surface area contributed by atoms with E-state index in [0.717, 1.165) is 16.0 Å². The number of rotatable bonds is 3. The number of fused-ring (bicyclic) bond motifs is 1. The molecule has 1 aromatic carbocycles. The van der Waals surface area contributed by atoms with E-state index in [4.69, 9.17) is 4.74 Å². The number of aromatic nitrogens is 1. The highest BCUT2D eigenvalue weighted by molar-refractivity contribution is 9.10. The molecule has 1 aromatic heterocycles. The molecule has 1 amide bonds. The van der Waals surface area contributed by atoms with Crippen molar-refractivity contribution < 1.29 is 9.53 Å². The van der Waals surface area contributed by atoms with E-state index in [1.54, 1.807) is 6.92 Å². The molecular formula is C15H14BrN3O2. The van der Waals surface area contributed by atoms with Gasteiger partial charge in [-0.05, 0) is 53.2 Å². The normalized spacial score (nSPS) is 16.7. The third kappa shape index (κ3) is 3.16. The first-order chi connectivity index (χ1) is 10.1. The van der Waals surface area contributed by atoms with E-state index in [-0.39, 0.29) is 5.91 Å². The minimum Gasteiger partial charge on any atom is -0.479 e. The fourth-order valence-electron chi connectivity index (χ4n) is 2.06. The van der Waals surface area contributed by atoms with Gasteiger partial charge in [-0.1, -0.05) is 6.07 Å². The van der Waals surface area contributed by atoms with Crippen molar-refractivity contribution in [2.75, 3.05) is 10.6 Å². The molecule has 1 aliphatic heterocycles. The molecule has 1 atom stereocenters. The van der Waals surface area contributed by atoms with Crippen LogP contribution in [0, 0.1) is 0 Å². The number of amides is 1. The summed E-state index contributed by atoms with van der Waals surface area (Å²) >= 11 is 3.35. The number of pyridine rings is 1. The van der Waals surface area contributed by atoms with Crippen LogP contribution < -0.4 is 15.4 Å². The largest absolute Gasteiger partial charge is 0.479 e. The predicted octanol–water partition coefficient (Wildman–Crippen LogP) is 3.18. The average molecular weight is 348 g/mol. The number of hydrogen-bond acceptors (Lipinski definition) is 4. The number of carbonyl (C=O) groups excluding carboxylic acids is 1. The second-order valence-corrected chi connectivity index (χ2v) is 5.58. The number of hydrogen-bond donors (Lipinski definition) is 2. The summed E-state index contributed by atoms with van der Waals surface area (Å²) in [5.74, 6) is 0.557. The molecule has 0 spiro atoms. The molecule has 2 aromatic rings. The lowest BCUT2D eigenvalue weighted by Gasteiger charge is -2.23. The van der Waals surface area contributed by atoms with Gasteiger partial charge in [-0.2, -0.15) is 0 Å². The molecule has 0 aliphatic carbocycles. The Morgan fingerprint density at radius 2 is 2.24 bits per heavy atom. The first-order valence-corrected chi connectivity index (χ1v) is 7.38. The molecule has 0 saturated heterocycles. The van der Waals surface area contributed by atoms with Crippen molar-refractivity contribution in [1.82, 2.24) is 4.98 Å². The lowest BCUT2D eigenvalue weighted by atomic mass is 10.2. The van der Waals surface area contributed by atoms with Crippen molar-refractivity contribution in [3.8, 4) is 5.75 Å². The second kappa shape index (κ2) is 5.73. The van der Waals surface area contributed by atoms with Crippen molar-refractivity contribution in [2.24, 2.45) is 0 Å². The summed E-state index contributed by atoms with van der Waals surface area (Å²) in [4.78, 5) is 16.0. The fourth-order valence-corrected chi connectivity index (χ4v) is 2.44. The Kier molecular flexibility index (Phi) is 3.79. The molecule has 0 fully saturated rings. The van der Waals surface area contributed by atoms with Crippen LogP contribution in [0.5, 0.6) is 5.75 Å². The molecule has 2 N–H and O–H groups in total. The van der Waals surface area contributed by atoms with Crippen molar-refractivity contribution >= 4 is 33.2 Å². The third-order valence-electron chi connectivity index (χ3n) is 3.16. The summed E-state index contributed by atoms with van der Waals surface area (Å²) in [7, 11) is 0. The zero-order valence-electron chi connectivity index (χ0n) is 11.4. The van der Waals surface area contributed by atoms with Gasteiger partial charge in [-0.15, -0.1) is 0 Å². The van der Waals surface area contributed by atoms with E-state index >= 15 is 0 Å². The maximum absolute atomic E-state index is 11.6. The van der Waals surface area contributed by atoms with Gasteiger partial charge in [0.1, 0.15) is 10.4 Å². The Bertz CT molecular complexity index is 690. The van der Waals surface area contributed by atoms with E-state index in [1.807, 2.05) is 36.4 Å². The van der Waals surface area contributed by atoms with Gasteiger partial charge < -0.3 is 15.4 Å². The molecule has 1 unspecified atom stereocenters. The fraction of sp³-hybridized carbons (Fsp3) is 0.200. The molecule has 5 nitrogen and oxygen atoms in total. The third-order valence-corrected chi connectivity index (χ3v) is 3.60. The Labute approximate surface area is 130 Å². The number of halogens is 1. The van der Waals surface area contributed by atoms with E-state index in [9.17, 15) is 4.79 Å². The molecule has 1 aliphatic rings. The average Bonchev–Trinajstić information content (AvgIpc) is 2.46. The Hall–Kier alpha value is -2.08. The van der Waals surface area contributed by atoms with Gasteiger partial charge in [0.2, 0.25) is 0 Å². The van der Waals surface area contributed by atoms with Gasteiger partial charge in [-0.3, -0.25) is 4.79 Å². The van der Waals surface area contributed by atoms with Crippen molar-refractivity contribution in [3.63, 3.8) is 0 Å². The molecule has 108 valence electrons. The quantitative estimate of drug-likeness (QED) is 0.837. The lowest BCUT2D eigenvalue weighted by Crippen LogP contribution is -2.34. The summed E-state index contributed by atoms with van der Waals surface area (Å²) in [6.07, 6.45) is -0.456. The monoisotopic (exact) mass is 347 g/mol. The van der Waals surface area contributed by atoms with Gasteiger partial charge >= 0.3 is 0 Å². The van der Waals surface area contributed by atoms with Crippen LogP contribution in [0.3, 0.4) is 0 Å². The van der Waals surface area contributed by atoms with Crippen molar-refractivity contribution in [1.29, 1.82) is 0 Å².